The van der Waals surface area contributed by atoms with Crippen LogP contribution in [0.15, 0.2) is 83.7 Å². The van der Waals surface area contributed by atoms with Gasteiger partial charge < -0.3 is 4.74 Å². The van der Waals surface area contributed by atoms with Crippen LogP contribution in [0.4, 0.5) is 0 Å². The molecule has 0 spiro atoms. The molecule has 5 rings (SSSR count). The topological polar surface area (TPSA) is 104 Å². The number of ether oxygens (including phenoxy) is 1. The first-order chi connectivity index (χ1) is 18.7. The summed E-state index contributed by atoms with van der Waals surface area (Å²) in [5.41, 5.74) is 4.87. The average molecular weight is 510 g/mol. The SMILES string of the molecule is CCCCc1nn(CC(OC)c2ccccc2)c(=O)n1Cc1ccc(-c2ccccc2-c2nn[nH]n2)cc1. The molecule has 0 radical (unpaired) electrons. The van der Waals surface area contributed by atoms with Crippen molar-refractivity contribution >= 4 is 0 Å². The third-order valence-corrected chi connectivity index (χ3v) is 6.67. The van der Waals surface area contributed by atoms with E-state index in [1.165, 1.54) is 0 Å². The van der Waals surface area contributed by atoms with Crippen LogP contribution in [0.5, 0.6) is 0 Å². The van der Waals surface area contributed by atoms with Crippen molar-refractivity contribution in [1.29, 1.82) is 0 Å². The van der Waals surface area contributed by atoms with Crippen LogP contribution >= 0.6 is 0 Å². The Morgan fingerprint density at radius 1 is 0.947 bits per heavy atom. The maximum absolute atomic E-state index is 13.5. The number of rotatable bonds is 11. The smallest absolute Gasteiger partial charge is 0.346 e. The number of nitrogens with one attached hydrogen (secondary N) is 1. The Balaban J connectivity index is 1.41. The predicted molar refractivity (Wildman–Crippen MR) is 145 cm³/mol. The van der Waals surface area contributed by atoms with Crippen LogP contribution in [0.3, 0.4) is 0 Å². The second kappa shape index (κ2) is 11.8. The molecule has 0 amide bonds. The number of aryl methyl sites for hydroxylation is 1. The maximum atomic E-state index is 13.5. The lowest BCUT2D eigenvalue weighted by Gasteiger charge is -2.14. The van der Waals surface area contributed by atoms with Gasteiger partial charge in [-0.3, -0.25) is 4.57 Å². The van der Waals surface area contributed by atoms with Gasteiger partial charge in [-0.25, -0.2) is 9.48 Å². The first-order valence-electron chi connectivity index (χ1n) is 12.8. The molecular formula is C29H31N7O2. The lowest BCUT2D eigenvalue weighted by Crippen LogP contribution is -2.28. The van der Waals surface area contributed by atoms with Crippen molar-refractivity contribution in [3.8, 4) is 22.5 Å². The molecule has 1 N–H and O–H groups in total. The first-order valence-corrected chi connectivity index (χ1v) is 12.8. The first kappa shape index (κ1) is 25.3. The van der Waals surface area contributed by atoms with Crippen LogP contribution in [0.1, 0.15) is 42.8 Å². The summed E-state index contributed by atoms with van der Waals surface area (Å²) in [6.07, 6.45) is 2.49. The van der Waals surface area contributed by atoms with Gasteiger partial charge >= 0.3 is 5.69 Å². The minimum Gasteiger partial charge on any atom is -0.375 e. The molecule has 9 nitrogen and oxygen atoms in total. The maximum Gasteiger partial charge on any atom is 0.346 e. The number of aromatic amines is 1. The predicted octanol–water partition coefficient (Wildman–Crippen LogP) is 4.67. The van der Waals surface area contributed by atoms with Gasteiger partial charge in [0.1, 0.15) is 11.9 Å². The van der Waals surface area contributed by atoms with Crippen molar-refractivity contribution in [2.24, 2.45) is 0 Å². The summed E-state index contributed by atoms with van der Waals surface area (Å²) in [5.74, 6) is 1.35. The lowest BCUT2D eigenvalue weighted by atomic mass is 9.98. The van der Waals surface area contributed by atoms with Gasteiger partial charge in [-0.15, -0.1) is 10.2 Å². The largest absolute Gasteiger partial charge is 0.375 e. The summed E-state index contributed by atoms with van der Waals surface area (Å²) in [5, 5.41) is 19.2. The summed E-state index contributed by atoms with van der Waals surface area (Å²) < 4.78 is 9.04. The fourth-order valence-corrected chi connectivity index (χ4v) is 4.60. The molecule has 0 aliphatic heterocycles. The van der Waals surface area contributed by atoms with E-state index in [4.69, 9.17) is 9.84 Å². The number of hydrogen-bond donors (Lipinski definition) is 1. The van der Waals surface area contributed by atoms with Gasteiger partial charge in [0.2, 0.25) is 5.82 Å². The molecule has 3 aromatic carbocycles. The minimum absolute atomic E-state index is 0.124. The second-order valence-electron chi connectivity index (χ2n) is 9.18. The molecule has 38 heavy (non-hydrogen) atoms. The molecule has 0 aliphatic carbocycles. The van der Waals surface area contributed by atoms with E-state index in [9.17, 15) is 4.79 Å². The van der Waals surface area contributed by atoms with Gasteiger partial charge in [0.25, 0.3) is 0 Å². The molecule has 0 aliphatic rings. The summed E-state index contributed by atoms with van der Waals surface area (Å²) in [7, 11) is 1.66. The summed E-state index contributed by atoms with van der Waals surface area (Å²) >= 11 is 0. The third kappa shape index (κ3) is 5.47. The number of aromatic nitrogens is 7. The average Bonchev–Trinajstić information content (AvgIpc) is 3.60. The molecular weight excluding hydrogens is 478 g/mol. The van der Waals surface area contributed by atoms with Crippen LogP contribution in [0.2, 0.25) is 0 Å². The fourth-order valence-electron chi connectivity index (χ4n) is 4.60. The standard InChI is InChI=1S/C29H31N7O2/c1-3-4-14-27-32-36(20-26(38-2)23-10-6-5-7-11-23)29(37)35(27)19-21-15-17-22(18-16-21)24-12-8-9-13-25(24)28-30-33-34-31-28/h5-13,15-18,26H,3-4,14,19-20H2,1-2H3,(H,30,31,33,34). The molecule has 0 saturated heterocycles. The monoisotopic (exact) mass is 509 g/mol. The highest BCUT2D eigenvalue weighted by molar-refractivity contribution is 5.80. The van der Waals surface area contributed by atoms with Crippen LogP contribution in [-0.4, -0.2) is 42.1 Å². The molecule has 2 aromatic heterocycles. The normalized spacial score (nSPS) is 12.1. The molecule has 0 bridgehead atoms. The van der Waals surface area contributed by atoms with Crippen molar-refractivity contribution in [3.05, 3.63) is 106 Å². The zero-order valence-electron chi connectivity index (χ0n) is 21.6. The van der Waals surface area contributed by atoms with E-state index in [-0.39, 0.29) is 11.8 Å². The number of tetrazole rings is 1. The van der Waals surface area contributed by atoms with E-state index in [0.717, 1.165) is 52.9 Å². The van der Waals surface area contributed by atoms with E-state index in [0.29, 0.717) is 18.9 Å². The Bertz CT molecular complexity index is 1510. The zero-order valence-corrected chi connectivity index (χ0v) is 21.6. The number of methoxy groups -OCH3 is 1. The molecule has 5 aromatic rings. The third-order valence-electron chi connectivity index (χ3n) is 6.67. The Kier molecular flexibility index (Phi) is 7.84. The zero-order chi connectivity index (χ0) is 26.3. The Hall–Kier alpha value is -4.37. The van der Waals surface area contributed by atoms with Crippen LogP contribution in [0, 0.1) is 0 Å². The quantitative estimate of drug-likeness (QED) is 0.278. The van der Waals surface area contributed by atoms with Crippen LogP contribution in [-0.2, 0) is 24.2 Å². The molecule has 194 valence electrons. The van der Waals surface area contributed by atoms with Crippen molar-refractivity contribution < 1.29 is 4.74 Å². The van der Waals surface area contributed by atoms with Gasteiger partial charge in [0, 0.05) is 19.1 Å². The number of benzene rings is 3. The highest BCUT2D eigenvalue weighted by Crippen LogP contribution is 2.29. The summed E-state index contributed by atoms with van der Waals surface area (Å²) in [4.78, 5) is 13.5. The number of H-pyrrole nitrogens is 1. The number of nitrogens with zero attached hydrogens (tertiary/aromatic N) is 6. The van der Waals surface area contributed by atoms with E-state index in [2.05, 4.69) is 51.8 Å². The van der Waals surface area contributed by atoms with Gasteiger partial charge in [-0.2, -0.15) is 10.3 Å². The summed E-state index contributed by atoms with van der Waals surface area (Å²) in [6, 6.07) is 26.1. The minimum atomic E-state index is -0.255. The van der Waals surface area contributed by atoms with Crippen molar-refractivity contribution in [2.75, 3.05) is 7.11 Å². The molecule has 1 unspecified atom stereocenters. The van der Waals surface area contributed by atoms with Gasteiger partial charge in [0.15, 0.2) is 0 Å². The Morgan fingerprint density at radius 2 is 1.68 bits per heavy atom. The van der Waals surface area contributed by atoms with E-state index >= 15 is 0 Å². The summed E-state index contributed by atoms with van der Waals surface area (Å²) in [6.45, 7) is 2.95. The fraction of sp³-hybridized carbons (Fsp3) is 0.276. The Labute approximate surface area is 221 Å². The Morgan fingerprint density at radius 3 is 2.37 bits per heavy atom. The van der Waals surface area contributed by atoms with Gasteiger partial charge in [0.05, 0.1) is 13.1 Å². The van der Waals surface area contributed by atoms with Crippen molar-refractivity contribution in [2.45, 2.75) is 45.4 Å². The molecule has 1 atom stereocenters. The highest BCUT2D eigenvalue weighted by Gasteiger charge is 2.19. The van der Waals surface area contributed by atoms with Crippen molar-refractivity contribution in [1.82, 2.24) is 35.0 Å². The number of unbranched alkanes of at least 4 members (excludes halogenated alkanes) is 1. The van der Waals surface area contributed by atoms with E-state index in [1.54, 1.807) is 16.4 Å². The highest BCUT2D eigenvalue weighted by atomic mass is 16.5. The van der Waals surface area contributed by atoms with Crippen molar-refractivity contribution in [3.63, 3.8) is 0 Å². The molecule has 0 saturated carbocycles. The molecule has 9 heteroatoms. The molecule has 0 fully saturated rings. The second-order valence-corrected chi connectivity index (χ2v) is 9.18. The van der Waals surface area contributed by atoms with Crippen LogP contribution in [0.25, 0.3) is 22.5 Å². The van der Waals surface area contributed by atoms with Crippen LogP contribution < -0.4 is 5.69 Å². The van der Waals surface area contributed by atoms with Gasteiger partial charge in [-0.1, -0.05) is 92.2 Å². The van der Waals surface area contributed by atoms with E-state index < -0.39 is 0 Å². The lowest BCUT2D eigenvalue weighted by molar-refractivity contribution is 0.0834. The van der Waals surface area contributed by atoms with Gasteiger partial charge in [-0.05, 0) is 33.9 Å². The molecule has 2 heterocycles. The van der Waals surface area contributed by atoms with E-state index in [1.807, 2.05) is 54.6 Å². The number of hydrogen-bond acceptors (Lipinski definition) is 6.